The summed E-state index contributed by atoms with van der Waals surface area (Å²) in [6, 6.07) is 1.47. The summed E-state index contributed by atoms with van der Waals surface area (Å²) in [7, 11) is -3.43. The van der Waals surface area contributed by atoms with E-state index in [9.17, 15) is 13.5 Å². The van der Waals surface area contributed by atoms with E-state index in [1.54, 1.807) is 6.07 Å². The smallest absolute Gasteiger partial charge is 0.244 e. The van der Waals surface area contributed by atoms with Crippen molar-refractivity contribution in [2.75, 3.05) is 13.2 Å². The summed E-state index contributed by atoms with van der Waals surface area (Å²) in [4.78, 5) is 2.23. The molecule has 2 rings (SSSR count). The monoisotopic (exact) mass is 275 g/mol. The number of aryl methyl sites for hydroxylation is 2. The summed E-state index contributed by atoms with van der Waals surface area (Å²) in [5.74, 6) is 0. The molecule has 17 heavy (non-hydrogen) atoms. The van der Waals surface area contributed by atoms with E-state index in [0.29, 0.717) is 11.4 Å². The molecule has 1 aliphatic rings. The first-order chi connectivity index (χ1) is 7.96. The van der Waals surface area contributed by atoms with Gasteiger partial charge >= 0.3 is 0 Å². The highest BCUT2D eigenvalue weighted by Crippen LogP contribution is 2.31. The molecular weight excluding hydrogens is 258 g/mol. The van der Waals surface area contributed by atoms with Crippen molar-refractivity contribution in [3.8, 4) is 0 Å². The molecule has 96 valence electrons. The lowest BCUT2D eigenvalue weighted by atomic mass is 10.2. The van der Waals surface area contributed by atoms with Crippen LogP contribution in [0.5, 0.6) is 0 Å². The van der Waals surface area contributed by atoms with Gasteiger partial charge in [0.25, 0.3) is 0 Å². The fourth-order valence-electron chi connectivity index (χ4n) is 2.30. The van der Waals surface area contributed by atoms with E-state index in [1.807, 2.05) is 13.8 Å². The van der Waals surface area contributed by atoms with Gasteiger partial charge in [0, 0.05) is 22.3 Å². The van der Waals surface area contributed by atoms with Crippen LogP contribution in [0.4, 0.5) is 0 Å². The Morgan fingerprint density at radius 3 is 2.76 bits per heavy atom. The lowest BCUT2D eigenvalue weighted by Gasteiger charge is -2.22. The number of thiophene rings is 1. The number of hydrogen-bond donors (Lipinski definition) is 1. The normalized spacial score (nSPS) is 22.2. The second-order valence-corrected chi connectivity index (χ2v) is 7.69. The van der Waals surface area contributed by atoms with E-state index in [1.165, 1.54) is 15.6 Å². The SMILES string of the molecule is Cc1cc(S(=O)(=O)N2CCCC2CO)c(C)s1. The number of nitrogens with zero attached hydrogens (tertiary/aromatic N) is 1. The van der Waals surface area contributed by atoms with Crippen LogP contribution in [0.15, 0.2) is 11.0 Å². The molecular formula is C11H17NO3S2. The average Bonchev–Trinajstić information content (AvgIpc) is 2.84. The molecule has 0 aromatic carbocycles. The van der Waals surface area contributed by atoms with Gasteiger partial charge in [-0.3, -0.25) is 0 Å². The standard InChI is InChI=1S/C11H17NO3S2/c1-8-6-11(9(2)16-8)17(14,15)12-5-3-4-10(12)7-13/h6,10,13H,3-5,7H2,1-2H3. The fourth-order valence-corrected chi connectivity index (χ4v) is 5.51. The number of aliphatic hydroxyl groups excluding tert-OH is 1. The summed E-state index contributed by atoms with van der Waals surface area (Å²) in [6.07, 6.45) is 1.57. The van der Waals surface area contributed by atoms with Crippen molar-refractivity contribution in [2.45, 2.75) is 37.6 Å². The first-order valence-corrected chi connectivity index (χ1v) is 7.92. The lowest BCUT2D eigenvalue weighted by molar-refractivity contribution is 0.213. The van der Waals surface area contributed by atoms with Gasteiger partial charge in [-0.05, 0) is 32.8 Å². The summed E-state index contributed by atoms with van der Waals surface area (Å²) < 4.78 is 26.4. The highest BCUT2D eigenvalue weighted by molar-refractivity contribution is 7.89. The summed E-state index contributed by atoms with van der Waals surface area (Å²) >= 11 is 1.50. The highest BCUT2D eigenvalue weighted by Gasteiger charge is 2.36. The second kappa shape index (κ2) is 4.68. The molecule has 1 atom stereocenters. The van der Waals surface area contributed by atoms with Gasteiger partial charge in [0.2, 0.25) is 10.0 Å². The van der Waals surface area contributed by atoms with Crippen LogP contribution in [0.1, 0.15) is 22.6 Å². The molecule has 0 aliphatic carbocycles. The zero-order valence-corrected chi connectivity index (χ0v) is 11.6. The fraction of sp³-hybridized carbons (Fsp3) is 0.636. The third-order valence-electron chi connectivity index (χ3n) is 3.12. The first-order valence-electron chi connectivity index (χ1n) is 5.66. The predicted molar refractivity (Wildman–Crippen MR) is 67.8 cm³/mol. The van der Waals surface area contributed by atoms with Gasteiger partial charge in [-0.2, -0.15) is 4.31 Å². The van der Waals surface area contributed by atoms with E-state index in [4.69, 9.17) is 0 Å². The Hall–Kier alpha value is -0.430. The van der Waals surface area contributed by atoms with Gasteiger partial charge in [-0.1, -0.05) is 0 Å². The Morgan fingerprint density at radius 1 is 1.53 bits per heavy atom. The minimum absolute atomic E-state index is 0.0958. The summed E-state index contributed by atoms with van der Waals surface area (Å²) in [5.41, 5.74) is 0. The van der Waals surface area contributed by atoms with Crippen LogP contribution in [0.2, 0.25) is 0 Å². The number of aliphatic hydroxyl groups is 1. The van der Waals surface area contributed by atoms with Crippen LogP contribution in [0, 0.1) is 13.8 Å². The van der Waals surface area contributed by atoms with Crippen molar-refractivity contribution in [3.05, 3.63) is 15.8 Å². The topological polar surface area (TPSA) is 57.6 Å². The molecule has 6 heteroatoms. The van der Waals surface area contributed by atoms with Crippen LogP contribution < -0.4 is 0 Å². The maximum absolute atomic E-state index is 12.5. The highest BCUT2D eigenvalue weighted by atomic mass is 32.2. The van der Waals surface area contributed by atoms with Crippen molar-refractivity contribution in [1.29, 1.82) is 0 Å². The van der Waals surface area contributed by atoms with Crippen LogP contribution in [0.25, 0.3) is 0 Å². The molecule has 4 nitrogen and oxygen atoms in total. The maximum Gasteiger partial charge on any atom is 0.244 e. The van der Waals surface area contributed by atoms with Gasteiger partial charge in [0.1, 0.15) is 0 Å². The third kappa shape index (κ3) is 2.27. The Balaban J connectivity index is 2.39. The van der Waals surface area contributed by atoms with Crippen LogP contribution >= 0.6 is 11.3 Å². The molecule has 2 heterocycles. The number of rotatable bonds is 3. The molecule has 0 bridgehead atoms. The molecule has 1 aromatic rings. The lowest BCUT2D eigenvalue weighted by Crippen LogP contribution is -2.37. The van der Waals surface area contributed by atoms with Gasteiger partial charge in [0.05, 0.1) is 11.5 Å². The molecule has 1 unspecified atom stereocenters. The Kier molecular flexibility index (Phi) is 3.58. The zero-order chi connectivity index (χ0) is 12.6. The van der Waals surface area contributed by atoms with E-state index >= 15 is 0 Å². The molecule has 1 aromatic heterocycles. The van der Waals surface area contributed by atoms with Crippen molar-refractivity contribution in [2.24, 2.45) is 0 Å². The van der Waals surface area contributed by atoms with Crippen molar-refractivity contribution in [3.63, 3.8) is 0 Å². The van der Waals surface area contributed by atoms with E-state index < -0.39 is 10.0 Å². The minimum Gasteiger partial charge on any atom is -0.395 e. The Bertz CT molecular complexity index is 507. The third-order valence-corrected chi connectivity index (χ3v) is 6.29. The van der Waals surface area contributed by atoms with Crippen LogP contribution in [-0.4, -0.2) is 37.0 Å². The second-order valence-electron chi connectivity index (χ2n) is 4.37. The molecule has 0 spiro atoms. The summed E-state index contributed by atoms with van der Waals surface area (Å²) in [5, 5.41) is 9.22. The molecule has 0 saturated carbocycles. The van der Waals surface area contributed by atoms with Gasteiger partial charge < -0.3 is 5.11 Å². The molecule has 1 N–H and O–H groups in total. The maximum atomic E-state index is 12.5. The summed E-state index contributed by atoms with van der Waals surface area (Å²) in [6.45, 7) is 4.15. The van der Waals surface area contributed by atoms with Crippen LogP contribution in [-0.2, 0) is 10.0 Å². The molecule has 0 radical (unpaired) electrons. The first kappa shape index (κ1) is 13.0. The Labute approximate surface area is 106 Å². The van der Waals surface area contributed by atoms with E-state index in [2.05, 4.69) is 0 Å². The van der Waals surface area contributed by atoms with E-state index in [0.717, 1.165) is 22.6 Å². The van der Waals surface area contributed by atoms with E-state index in [-0.39, 0.29) is 12.6 Å². The quantitative estimate of drug-likeness (QED) is 0.909. The van der Waals surface area contributed by atoms with Crippen molar-refractivity contribution < 1.29 is 13.5 Å². The van der Waals surface area contributed by atoms with Crippen molar-refractivity contribution in [1.82, 2.24) is 4.31 Å². The number of sulfonamides is 1. The van der Waals surface area contributed by atoms with Crippen LogP contribution in [0.3, 0.4) is 0 Å². The molecule has 0 amide bonds. The predicted octanol–water partition coefficient (Wildman–Crippen LogP) is 1.51. The molecule has 1 aliphatic heterocycles. The van der Waals surface area contributed by atoms with Crippen molar-refractivity contribution >= 4 is 21.4 Å². The number of hydrogen-bond acceptors (Lipinski definition) is 4. The molecule has 1 fully saturated rings. The van der Waals surface area contributed by atoms with Gasteiger partial charge in [0.15, 0.2) is 0 Å². The minimum atomic E-state index is -3.43. The van der Waals surface area contributed by atoms with Gasteiger partial charge in [-0.25, -0.2) is 8.42 Å². The molecule has 1 saturated heterocycles. The largest absolute Gasteiger partial charge is 0.395 e. The zero-order valence-electron chi connectivity index (χ0n) is 10.0. The Morgan fingerprint density at radius 2 is 2.24 bits per heavy atom. The van der Waals surface area contributed by atoms with Gasteiger partial charge in [-0.15, -0.1) is 11.3 Å². The average molecular weight is 275 g/mol.